The third kappa shape index (κ3) is 2.71. The topological polar surface area (TPSA) is 56.0 Å². The summed E-state index contributed by atoms with van der Waals surface area (Å²) in [6.45, 7) is 1.90. The Hall–Kier alpha value is -1.39. The summed E-state index contributed by atoms with van der Waals surface area (Å²) in [5.41, 5.74) is 8.26. The van der Waals surface area contributed by atoms with Crippen LogP contribution in [0.4, 0.5) is 5.69 Å². The molecule has 1 heterocycles. The molecule has 0 aliphatic carbocycles. The summed E-state index contributed by atoms with van der Waals surface area (Å²) in [4.78, 5) is 4.56. The maximum absolute atomic E-state index is 12.3. The fourth-order valence-electron chi connectivity index (χ4n) is 1.59. The van der Waals surface area contributed by atoms with Gasteiger partial charge in [-0.1, -0.05) is 23.7 Å². The number of anilines is 1. The molecule has 3 nitrogen and oxygen atoms in total. The molecule has 0 amide bonds. The van der Waals surface area contributed by atoms with E-state index in [0.717, 1.165) is 11.1 Å². The van der Waals surface area contributed by atoms with Gasteiger partial charge in [0, 0.05) is 12.4 Å². The second-order valence-electron chi connectivity index (χ2n) is 3.94. The number of benzene rings is 1. The van der Waals surface area contributed by atoms with E-state index in [1.54, 1.807) is 24.5 Å². The van der Waals surface area contributed by atoms with Crippen LogP contribution in [0.2, 0.25) is 5.02 Å². The maximum Gasteiger partial charge on any atom is 0.0630 e. The van der Waals surface area contributed by atoms with Crippen molar-refractivity contribution in [2.24, 2.45) is 0 Å². The molecule has 2 N–H and O–H groups in total. The lowest BCUT2D eigenvalue weighted by Gasteiger charge is -2.08. The number of aromatic nitrogens is 1. The lowest BCUT2D eigenvalue weighted by atomic mass is 10.2. The monoisotopic (exact) mass is 280 g/mol. The van der Waals surface area contributed by atoms with Crippen LogP contribution in [-0.2, 0) is 16.6 Å². The highest BCUT2D eigenvalue weighted by atomic mass is 35.5. The predicted octanol–water partition coefficient (Wildman–Crippen LogP) is 2.93. The summed E-state index contributed by atoms with van der Waals surface area (Å²) in [6.07, 6.45) is 3.19. The van der Waals surface area contributed by atoms with Crippen LogP contribution >= 0.6 is 11.6 Å². The van der Waals surface area contributed by atoms with E-state index in [1.165, 1.54) is 0 Å². The van der Waals surface area contributed by atoms with Gasteiger partial charge in [0.2, 0.25) is 0 Å². The lowest BCUT2D eigenvalue weighted by Crippen LogP contribution is -2.03. The summed E-state index contributed by atoms with van der Waals surface area (Å²) in [7, 11) is -1.20. The van der Waals surface area contributed by atoms with Gasteiger partial charge < -0.3 is 5.73 Å². The highest BCUT2D eigenvalue weighted by Crippen LogP contribution is 2.24. The molecule has 0 saturated carbocycles. The van der Waals surface area contributed by atoms with E-state index in [-0.39, 0.29) is 0 Å². The Morgan fingerprint density at radius 3 is 2.89 bits per heavy atom. The van der Waals surface area contributed by atoms with Crippen LogP contribution in [0.3, 0.4) is 0 Å². The van der Waals surface area contributed by atoms with E-state index in [0.29, 0.717) is 21.4 Å². The van der Waals surface area contributed by atoms with Gasteiger partial charge in [-0.25, -0.2) is 0 Å². The van der Waals surface area contributed by atoms with Gasteiger partial charge >= 0.3 is 0 Å². The number of nitrogen functional groups attached to an aromatic ring is 1. The second kappa shape index (κ2) is 5.50. The van der Waals surface area contributed by atoms with Gasteiger partial charge in [0.05, 0.1) is 32.2 Å². The fraction of sp³-hybridized carbons (Fsp3) is 0.154. The van der Waals surface area contributed by atoms with Gasteiger partial charge in [-0.3, -0.25) is 9.19 Å². The van der Waals surface area contributed by atoms with Gasteiger partial charge in [0.1, 0.15) is 0 Å². The maximum atomic E-state index is 12.3. The van der Waals surface area contributed by atoms with Gasteiger partial charge in [-0.2, -0.15) is 0 Å². The van der Waals surface area contributed by atoms with Crippen molar-refractivity contribution >= 4 is 28.1 Å². The molecular weight excluding hydrogens is 268 g/mol. The van der Waals surface area contributed by atoms with E-state index in [1.807, 2.05) is 19.1 Å². The van der Waals surface area contributed by atoms with Gasteiger partial charge in [-0.15, -0.1) is 0 Å². The zero-order valence-corrected chi connectivity index (χ0v) is 11.5. The molecule has 0 radical (unpaired) electrons. The molecule has 0 saturated heterocycles. The zero-order chi connectivity index (χ0) is 13.1. The van der Waals surface area contributed by atoms with Crippen molar-refractivity contribution < 1.29 is 4.21 Å². The van der Waals surface area contributed by atoms with Crippen molar-refractivity contribution in [3.63, 3.8) is 0 Å². The quantitative estimate of drug-likeness (QED) is 0.880. The number of hydrogen-bond donors (Lipinski definition) is 1. The Kier molecular flexibility index (Phi) is 3.99. The average molecular weight is 281 g/mol. The molecule has 18 heavy (non-hydrogen) atoms. The summed E-state index contributed by atoms with van der Waals surface area (Å²) in [5, 5.41) is 0.525. The number of para-hydroxylation sites is 1. The molecule has 0 spiro atoms. The number of pyridine rings is 1. The molecule has 5 heteroatoms. The van der Waals surface area contributed by atoms with Crippen LogP contribution in [-0.4, -0.2) is 9.19 Å². The number of nitrogens with zero attached hydrogens (tertiary/aromatic N) is 1. The van der Waals surface area contributed by atoms with Crippen LogP contribution in [0, 0.1) is 6.92 Å². The van der Waals surface area contributed by atoms with Gasteiger partial charge in [-0.05, 0) is 30.2 Å². The SMILES string of the molecule is Cc1cccc(S(=O)Cc2ccncc2Cl)c1N. The van der Waals surface area contributed by atoms with E-state index >= 15 is 0 Å². The third-order valence-electron chi connectivity index (χ3n) is 2.67. The Morgan fingerprint density at radius 1 is 1.39 bits per heavy atom. The largest absolute Gasteiger partial charge is 0.398 e. The van der Waals surface area contributed by atoms with Crippen LogP contribution in [0.25, 0.3) is 0 Å². The van der Waals surface area contributed by atoms with Gasteiger partial charge in [0.15, 0.2) is 0 Å². The Morgan fingerprint density at radius 2 is 2.17 bits per heavy atom. The van der Waals surface area contributed by atoms with Crippen molar-refractivity contribution in [3.05, 3.63) is 52.8 Å². The molecule has 1 aromatic carbocycles. The van der Waals surface area contributed by atoms with Crippen molar-refractivity contribution in [1.29, 1.82) is 0 Å². The molecule has 0 bridgehead atoms. The van der Waals surface area contributed by atoms with Crippen LogP contribution in [0.5, 0.6) is 0 Å². The standard InChI is InChI=1S/C13H13ClN2OS/c1-9-3-2-4-12(13(9)15)18(17)8-10-5-6-16-7-11(10)14/h2-7H,8,15H2,1H3. The van der Waals surface area contributed by atoms with Crippen LogP contribution in [0.15, 0.2) is 41.6 Å². The van der Waals surface area contributed by atoms with Gasteiger partial charge in [0.25, 0.3) is 0 Å². The molecule has 1 aromatic heterocycles. The first-order valence-corrected chi connectivity index (χ1v) is 7.11. The number of nitrogens with two attached hydrogens (primary N) is 1. The molecule has 0 fully saturated rings. The molecule has 0 aliphatic heterocycles. The van der Waals surface area contributed by atoms with Crippen LogP contribution in [0.1, 0.15) is 11.1 Å². The number of rotatable bonds is 3. The Bertz CT molecular complexity index is 601. The minimum atomic E-state index is -1.20. The smallest absolute Gasteiger partial charge is 0.0630 e. The highest BCUT2D eigenvalue weighted by molar-refractivity contribution is 7.84. The molecule has 2 aromatic rings. The third-order valence-corrected chi connectivity index (χ3v) is 4.43. The number of halogens is 1. The Labute approximate surface area is 113 Å². The van der Waals surface area contributed by atoms with Crippen molar-refractivity contribution in [1.82, 2.24) is 4.98 Å². The normalized spacial score (nSPS) is 12.3. The van der Waals surface area contributed by atoms with Crippen molar-refractivity contribution in [2.45, 2.75) is 17.6 Å². The molecular formula is C13H13ClN2OS. The minimum Gasteiger partial charge on any atom is -0.398 e. The van der Waals surface area contributed by atoms with E-state index in [4.69, 9.17) is 17.3 Å². The average Bonchev–Trinajstić information content (AvgIpc) is 2.35. The summed E-state index contributed by atoms with van der Waals surface area (Å²) in [6, 6.07) is 7.31. The lowest BCUT2D eigenvalue weighted by molar-refractivity contribution is 0.683. The van der Waals surface area contributed by atoms with E-state index in [9.17, 15) is 4.21 Å². The summed E-state index contributed by atoms with van der Waals surface area (Å²) in [5.74, 6) is 0.342. The first-order chi connectivity index (χ1) is 8.59. The Balaban J connectivity index is 2.28. The second-order valence-corrected chi connectivity index (χ2v) is 5.77. The first-order valence-electron chi connectivity index (χ1n) is 5.41. The predicted molar refractivity (Wildman–Crippen MR) is 75.0 cm³/mol. The zero-order valence-electron chi connectivity index (χ0n) is 9.89. The van der Waals surface area contributed by atoms with Crippen molar-refractivity contribution in [3.8, 4) is 0 Å². The number of aryl methyl sites for hydroxylation is 1. The highest BCUT2D eigenvalue weighted by Gasteiger charge is 2.11. The molecule has 94 valence electrons. The first kappa shape index (κ1) is 13.1. The minimum absolute atomic E-state index is 0.342. The number of hydrogen-bond acceptors (Lipinski definition) is 3. The molecule has 0 aliphatic rings. The molecule has 1 atom stereocenters. The van der Waals surface area contributed by atoms with Crippen LogP contribution < -0.4 is 5.73 Å². The fourth-order valence-corrected chi connectivity index (χ4v) is 3.18. The van der Waals surface area contributed by atoms with E-state index < -0.39 is 10.8 Å². The summed E-state index contributed by atoms with van der Waals surface area (Å²) < 4.78 is 12.3. The summed E-state index contributed by atoms with van der Waals surface area (Å²) >= 11 is 6.00. The molecule has 2 rings (SSSR count). The van der Waals surface area contributed by atoms with Crippen molar-refractivity contribution in [2.75, 3.05) is 5.73 Å². The molecule has 1 unspecified atom stereocenters. The van der Waals surface area contributed by atoms with E-state index in [2.05, 4.69) is 4.98 Å².